The fourth-order valence-corrected chi connectivity index (χ4v) is 4.24. The number of nitrogens with zero attached hydrogens (tertiary/aromatic N) is 2. The number of hydrogen-bond donors (Lipinski definition) is 1. The molecule has 1 N–H and O–H groups in total. The lowest BCUT2D eigenvalue weighted by Crippen LogP contribution is -2.50. The monoisotopic (exact) mass is 343 g/mol. The molecule has 2 rings (SSSR count). The molecular weight excluding hydrogens is 310 g/mol. The summed E-state index contributed by atoms with van der Waals surface area (Å²) in [6, 6.07) is 0. The van der Waals surface area contributed by atoms with E-state index in [0.29, 0.717) is 0 Å². The fourth-order valence-electron chi connectivity index (χ4n) is 2.96. The molecule has 2 fully saturated rings. The molecule has 1 amide bonds. The van der Waals surface area contributed by atoms with E-state index in [9.17, 15) is 4.79 Å². The topological polar surface area (TPSA) is 44.8 Å². The summed E-state index contributed by atoms with van der Waals surface area (Å²) in [5, 5.41) is 3.60. The van der Waals surface area contributed by atoms with Crippen LogP contribution >= 0.6 is 11.8 Å². The summed E-state index contributed by atoms with van der Waals surface area (Å²) in [6.45, 7) is 12.6. The maximum atomic E-state index is 12.0. The van der Waals surface area contributed by atoms with Crippen molar-refractivity contribution in [1.82, 2.24) is 15.1 Å². The summed E-state index contributed by atoms with van der Waals surface area (Å²) in [5.41, 5.74) is -0.405. The molecule has 134 valence electrons. The van der Waals surface area contributed by atoms with Gasteiger partial charge in [0.1, 0.15) is 5.60 Å². The van der Waals surface area contributed by atoms with E-state index in [2.05, 4.69) is 22.0 Å². The van der Waals surface area contributed by atoms with Crippen molar-refractivity contribution in [2.24, 2.45) is 5.92 Å². The Kier molecular flexibility index (Phi) is 7.50. The highest BCUT2D eigenvalue weighted by Gasteiger charge is 2.25. The summed E-state index contributed by atoms with van der Waals surface area (Å²) in [5.74, 6) is 3.56. The molecule has 1 unspecified atom stereocenters. The van der Waals surface area contributed by atoms with Crippen molar-refractivity contribution in [2.75, 3.05) is 57.3 Å². The van der Waals surface area contributed by atoms with Crippen LogP contribution in [0.2, 0.25) is 0 Å². The van der Waals surface area contributed by atoms with Crippen LogP contribution in [0, 0.1) is 5.92 Å². The predicted molar refractivity (Wildman–Crippen MR) is 97.2 cm³/mol. The van der Waals surface area contributed by atoms with Crippen molar-refractivity contribution in [3.05, 3.63) is 0 Å². The first-order valence-electron chi connectivity index (χ1n) is 8.93. The Morgan fingerprint density at radius 2 is 2.00 bits per heavy atom. The van der Waals surface area contributed by atoms with Crippen molar-refractivity contribution in [2.45, 2.75) is 39.2 Å². The molecule has 0 aromatic heterocycles. The van der Waals surface area contributed by atoms with E-state index in [1.165, 1.54) is 30.9 Å². The molecule has 2 saturated heterocycles. The molecule has 2 aliphatic heterocycles. The predicted octanol–water partition coefficient (Wildman–Crippen LogP) is 2.27. The Hall–Kier alpha value is -0.460. The lowest BCUT2D eigenvalue weighted by atomic mass is 10.1. The molecular formula is C17H33N3O2S. The number of amides is 1. The van der Waals surface area contributed by atoms with E-state index in [1.807, 2.05) is 25.7 Å². The first kappa shape index (κ1) is 18.9. The minimum absolute atomic E-state index is 0.173. The van der Waals surface area contributed by atoms with Crippen molar-refractivity contribution >= 4 is 17.9 Å². The number of hydrogen-bond acceptors (Lipinski definition) is 5. The number of carbonyl (C=O) groups excluding carboxylic acids is 1. The third-order valence-corrected chi connectivity index (χ3v) is 5.54. The molecule has 0 aromatic rings. The molecule has 23 heavy (non-hydrogen) atoms. The minimum Gasteiger partial charge on any atom is -0.444 e. The quantitative estimate of drug-likeness (QED) is 0.750. The van der Waals surface area contributed by atoms with E-state index in [1.54, 1.807) is 0 Å². The maximum Gasteiger partial charge on any atom is 0.410 e. The molecule has 1 atom stereocenters. The zero-order chi connectivity index (χ0) is 16.7. The summed E-state index contributed by atoms with van der Waals surface area (Å²) in [7, 11) is 0. The van der Waals surface area contributed by atoms with Crippen LogP contribution in [0.15, 0.2) is 0 Å². The second-order valence-corrected chi connectivity index (χ2v) is 8.75. The smallest absolute Gasteiger partial charge is 0.410 e. The second kappa shape index (κ2) is 9.14. The van der Waals surface area contributed by atoms with Crippen molar-refractivity contribution in [3.63, 3.8) is 0 Å². The lowest BCUT2D eigenvalue weighted by molar-refractivity contribution is 0.0144. The van der Waals surface area contributed by atoms with E-state index in [0.717, 1.165) is 45.2 Å². The number of rotatable bonds is 6. The number of piperazine rings is 1. The minimum atomic E-state index is -0.405. The SMILES string of the molecule is CC(C)(C)OC(=O)N1CCN(CCCNCC2CCSC2)CC1. The van der Waals surface area contributed by atoms with Gasteiger partial charge in [0.05, 0.1) is 0 Å². The lowest BCUT2D eigenvalue weighted by Gasteiger charge is -2.35. The van der Waals surface area contributed by atoms with E-state index >= 15 is 0 Å². The number of thioether (sulfide) groups is 1. The Morgan fingerprint density at radius 3 is 2.61 bits per heavy atom. The van der Waals surface area contributed by atoms with Gasteiger partial charge >= 0.3 is 6.09 Å². The first-order valence-corrected chi connectivity index (χ1v) is 10.1. The number of carbonyl (C=O) groups is 1. The van der Waals surface area contributed by atoms with Crippen molar-refractivity contribution in [1.29, 1.82) is 0 Å². The second-order valence-electron chi connectivity index (χ2n) is 7.60. The van der Waals surface area contributed by atoms with Gasteiger partial charge in [0, 0.05) is 26.2 Å². The summed E-state index contributed by atoms with van der Waals surface area (Å²) in [4.78, 5) is 16.3. The van der Waals surface area contributed by atoms with Crippen LogP contribution in [0.25, 0.3) is 0 Å². The van der Waals surface area contributed by atoms with Gasteiger partial charge in [-0.25, -0.2) is 4.79 Å². The Labute approximate surface area is 145 Å². The van der Waals surface area contributed by atoms with Crippen LogP contribution in [-0.4, -0.2) is 78.8 Å². The van der Waals surface area contributed by atoms with Gasteiger partial charge in [0.25, 0.3) is 0 Å². The van der Waals surface area contributed by atoms with Crippen LogP contribution in [0.1, 0.15) is 33.6 Å². The number of ether oxygens (including phenoxy) is 1. The zero-order valence-corrected chi connectivity index (χ0v) is 15.8. The first-order chi connectivity index (χ1) is 10.9. The Bertz CT molecular complexity index is 359. The summed E-state index contributed by atoms with van der Waals surface area (Å²) >= 11 is 2.08. The molecule has 6 heteroatoms. The van der Waals surface area contributed by atoms with Crippen LogP contribution in [-0.2, 0) is 4.74 Å². The zero-order valence-electron chi connectivity index (χ0n) is 15.0. The van der Waals surface area contributed by atoms with Gasteiger partial charge in [-0.2, -0.15) is 11.8 Å². The number of nitrogens with one attached hydrogen (secondary N) is 1. The maximum absolute atomic E-state index is 12.0. The highest BCUT2D eigenvalue weighted by Crippen LogP contribution is 2.22. The molecule has 0 aromatic carbocycles. The molecule has 0 spiro atoms. The third kappa shape index (κ3) is 7.31. The molecule has 0 radical (unpaired) electrons. The van der Waals surface area contributed by atoms with Gasteiger partial charge in [0.15, 0.2) is 0 Å². The normalized spacial score (nSPS) is 23.3. The molecule has 0 aliphatic carbocycles. The van der Waals surface area contributed by atoms with Crippen LogP contribution in [0.3, 0.4) is 0 Å². The van der Waals surface area contributed by atoms with Crippen molar-refractivity contribution in [3.8, 4) is 0 Å². The Morgan fingerprint density at radius 1 is 1.26 bits per heavy atom. The molecule has 0 saturated carbocycles. The van der Waals surface area contributed by atoms with Gasteiger partial charge in [-0.15, -0.1) is 0 Å². The third-order valence-electron chi connectivity index (χ3n) is 4.31. The standard InChI is InChI=1S/C17H33N3O2S/c1-17(2,3)22-16(21)20-10-8-19(9-11-20)7-4-6-18-13-15-5-12-23-14-15/h15,18H,4-14H2,1-3H3. The Balaban J connectivity index is 1.51. The average molecular weight is 344 g/mol. The highest BCUT2D eigenvalue weighted by atomic mass is 32.2. The summed E-state index contributed by atoms with van der Waals surface area (Å²) in [6.07, 6.45) is 2.39. The van der Waals surface area contributed by atoms with Gasteiger partial charge in [-0.05, 0) is 70.7 Å². The molecule has 0 bridgehead atoms. The molecule has 2 heterocycles. The van der Waals surface area contributed by atoms with Crippen LogP contribution < -0.4 is 5.32 Å². The van der Waals surface area contributed by atoms with Gasteiger partial charge in [-0.3, -0.25) is 4.90 Å². The van der Waals surface area contributed by atoms with Gasteiger partial charge < -0.3 is 15.0 Å². The largest absolute Gasteiger partial charge is 0.444 e. The molecule has 2 aliphatic rings. The van der Waals surface area contributed by atoms with Gasteiger partial charge in [-0.1, -0.05) is 0 Å². The van der Waals surface area contributed by atoms with Crippen LogP contribution in [0.5, 0.6) is 0 Å². The average Bonchev–Trinajstić information content (AvgIpc) is 2.99. The van der Waals surface area contributed by atoms with E-state index < -0.39 is 5.60 Å². The van der Waals surface area contributed by atoms with E-state index in [-0.39, 0.29) is 6.09 Å². The van der Waals surface area contributed by atoms with E-state index in [4.69, 9.17) is 4.74 Å². The van der Waals surface area contributed by atoms with Gasteiger partial charge in [0.2, 0.25) is 0 Å². The van der Waals surface area contributed by atoms with Crippen LogP contribution in [0.4, 0.5) is 4.79 Å². The summed E-state index contributed by atoms with van der Waals surface area (Å²) < 4.78 is 5.43. The highest BCUT2D eigenvalue weighted by molar-refractivity contribution is 7.99. The molecule has 5 nitrogen and oxygen atoms in total. The van der Waals surface area contributed by atoms with Crippen molar-refractivity contribution < 1.29 is 9.53 Å². The fraction of sp³-hybridized carbons (Fsp3) is 0.941.